The molecule has 0 bridgehead atoms. The molecule has 0 aromatic carbocycles. The highest BCUT2D eigenvalue weighted by molar-refractivity contribution is 5.87. The number of carbonyl (C=O) groups is 2. The van der Waals surface area contributed by atoms with Gasteiger partial charge in [-0.05, 0) is 86.9 Å². The topological polar surface area (TPSA) is 83.8 Å². The molecule has 0 spiro atoms. The summed E-state index contributed by atoms with van der Waals surface area (Å²) in [6, 6.07) is 0. The van der Waals surface area contributed by atoms with Crippen LogP contribution in [0.2, 0.25) is 0 Å². The lowest BCUT2D eigenvalue weighted by atomic mass is 9.44. The van der Waals surface area contributed by atoms with Crippen molar-refractivity contribution in [2.45, 2.75) is 90.8 Å². The standard InChI is InChI=1S/C25H40O5/c1-15(27)18-8-9-19-17-7-6-16-12-20(28)22(30-11-5-4-10-26)14-24(16,2)23(17)21(29)13-25(18,19)3/h16-20,22-23,26,28H,4-14H2,1-3H3/t16-,17-,18+,19-,20-,22-,23+,24-,25+/m0/s1. The fourth-order valence-corrected chi connectivity index (χ4v) is 8.36. The third-order valence-electron chi connectivity index (χ3n) is 9.72. The van der Waals surface area contributed by atoms with Gasteiger partial charge in [-0.2, -0.15) is 0 Å². The number of aliphatic hydroxyl groups is 2. The molecule has 0 aromatic heterocycles. The summed E-state index contributed by atoms with van der Waals surface area (Å²) < 4.78 is 6.06. The van der Waals surface area contributed by atoms with Crippen LogP contribution in [0.25, 0.3) is 0 Å². The minimum atomic E-state index is -0.466. The van der Waals surface area contributed by atoms with E-state index in [0.717, 1.165) is 44.9 Å². The first kappa shape index (κ1) is 22.4. The largest absolute Gasteiger partial charge is 0.396 e. The van der Waals surface area contributed by atoms with Crippen LogP contribution in [-0.4, -0.2) is 47.2 Å². The van der Waals surface area contributed by atoms with Gasteiger partial charge in [0.25, 0.3) is 0 Å². The van der Waals surface area contributed by atoms with E-state index in [1.165, 1.54) is 0 Å². The van der Waals surface area contributed by atoms with Crippen LogP contribution < -0.4 is 0 Å². The number of hydrogen-bond donors (Lipinski definition) is 2. The number of aliphatic hydroxyl groups excluding tert-OH is 2. The maximum absolute atomic E-state index is 13.6. The molecule has 9 atom stereocenters. The van der Waals surface area contributed by atoms with Gasteiger partial charge in [-0.25, -0.2) is 0 Å². The number of hydrogen-bond acceptors (Lipinski definition) is 5. The van der Waals surface area contributed by atoms with Crippen LogP contribution in [0.1, 0.15) is 78.6 Å². The molecule has 0 aliphatic heterocycles. The maximum Gasteiger partial charge on any atom is 0.137 e. The Morgan fingerprint density at radius 1 is 1.13 bits per heavy atom. The van der Waals surface area contributed by atoms with Gasteiger partial charge in [0.05, 0.1) is 12.2 Å². The van der Waals surface area contributed by atoms with Gasteiger partial charge in [-0.3, -0.25) is 9.59 Å². The number of Topliss-reactive ketones (excluding diaryl/α,β-unsaturated/α-hetero) is 2. The number of unbranched alkanes of at least 4 members (excludes halogenated alkanes) is 1. The molecule has 5 heteroatoms. The van der Waals surface area contributed by atoms with E-state index >= 15 is 0 Å². The lowest BCUT2D eigenvalue weighted by Gasteiger charge is -2.60. The van der Waals surface area contributed by atoms with Crippen molar-refractivity contribution in [3.05, 3.63) is 0 Å². The highest BCUT2D eigenvalue weighted by atomic mass is 16.5. The van der Waals surface area contributed by atoms with Gasteiger partial charge < -0.3 is 14.9 Å². The summed E-state index contributed by atoms with van der Waals surface area (Å²) in [6.07, 6.45) is 6.93. The fourth-order valence-electron chi connectivity index (χ4n) is 8.36. The molecule has 0 amide bonds. The molecule has 30 heavy (non-hydrogen) atoms. The van der Waals surface area contributed by atoms with Crippen molar-refractivity contribution in [2.75, 3.05) is 13.2 Å². The Morgan fingerprint density at radius 3 is 2.60 bits per heavy atom. The molecule has 4 aliphatic carbocycles. The van der Waals surface area contributed by atoms with E-state index in [2.05, 4.69) is 13.8 Å². The van der Waals surface area contributed by atoms with E-state index < -0.39 is 6.10 Å². The zero-order valence-corrected chi connectivity index (χ0v) is 18.9. The third kappa shape index (κ3) is 3.49. The molecule has 0 aromatic rings. The Kier molecular flexibility index (Phi) is 6.19. The van der Waals surface area contributed by atoms with Crippen LogP contribution in [0, 0.1) is 40.4 Å². The highest BCUT2D eigenvalue weighted by Gasteiger charge is 2.64. The van der Waals surface area contributed by atoms with E-state index in [-0.39, 0.29) is 41.2 Å². The number of ether oxygens (including phenoxy) is 1. The maximum atomic E-state index is 13.6. The number of fused-ring (bicyclic) bond motifs is 5. The molecule has 4 fully saturated rings. The van der Waals surface area contributed by atoms with Crippen molar-refractivity contribution in [1.82, 2.24) is 0 Å². The smallest absolute Gasteiger partial charge is 0.137 e. The molecule has 5 nitrogen and oxygen atoms in total. The molecule has 4 aliphatic rings. The first-order valence-corrected chi connectivity index (χ1v) is 12.2. The molecule has 170 valence electrons. The summed E-state index contributed by atoms with van der Waals surface area (Å²) in [6.45, 7) is 6.90. The Hall–Kier alpha value is -0.780. The van der Waals surface area contributed by atoms with E-state index in [4.69, 9.17) is 9.84 Å². The Morgan fingerprint density at radius 2 is 1.90 bits per heavy atom. The van der Waals surface area contributed by atoms with Crippen molar-refractivity contribution in [3.63, 3.8) is 0 Å². The number of ketones is 2. The Labute approximate surface area is 180 Å². The van der Waals surface area contributed by atoms with Gasteiger partial charge >= 0.3 is 0 Å². The van der Waals surface area contributed by atoms with Gasteiger partial charge in [0.1, 0.15) is 11.6 Å². The average Bonchev–Trinajstić information content (AvgIpc) is 3.02. The number of rotatable bonds is 6. The summed E-state index contributed by atoms with van der Waals surface area (Å²) in [5.41, 5.74) is -0.293. The minimum absolute atomic E-state index is 0.0358. The van der Waals surface area contributed by atoms with Gasteiger partial charge in [0.2, 0.25) is 0 Å². The second-order valence-electron chi connectivity index (χ2n) is 11.3. The third-order valence-corrected chi connectivity index (χ3v) is 9.72. The molecule has 0 saturated heterocycles. The summed E-state index contributed by atoms with van der Waals surface area (Å²) in [5.74, 6) is 1.88. The van der Waals surface area contributed by atoms with Crippen LogP contribution in [0.4, 0.5) is 0 Å². The van der Waals surface area contributed by atoms with Crippen molar-refractivity contribution in [3.8, 4) is 0 Å². The normalized spacial score (nSPS) is 48.0. The fraction of sp³-hybridized carbons (Fsp3) is 0.920. The summed E-state index contributed by atoms with van der Waals surface area (Å²) in [5, 5.41) is 19.7. The van der Waals surface area contributed by atoms with Gasteiger partial charge in [0, 0.05) is 31.5 Å². The van der Waals surface area contributed by atoms with Crippen molar-refractivity contribution >= 4 is 11.6 Å². The van der Waals surface area contributed by atoms with Crippen LogP contribution in [0.5, 0.6) is 0 Å². The average molecular weight is 421 g/mol. The molecule has 4 rings (SSSR count). The second kappa shape index (κ2) is 8.29. The minimum Gasteiger partial charge on any atom is -0.396 e. The first-order chi connectivity index (χ1) is 14.2. The van der Waals surface area contributed by atoms with E-state index in [1.807, 2.05) is 0 Å². The molecular weight excluding hydrogens is 380 g/mol. The lowest BCUT2D eigenvalue weighted by Crippen LogP contribution is -2.60. The predicted molar refractivity (Wildman–Crippen MR) is 114 cm³/mol. The molecular formula is C25H40O5. The lowest BCUT2D eigenvalue weighted by molar-refractivity contribution is -0.180. The highest BCUT2D eigenvalue weighted by Crippen LogP contribution is 2.66. The van der Waals surface area contributed by atoms with Crippen molar-refractivity contribution < 1.29 is 24.5 Å². The quantitative estimate of drug-likeness (QED) is 0.642. The zero-order chi connectivity index (χ0) is 21.7. The van der Waals surface area contributed by atoms with Crippen LogP contribution in [0.15, 0.2) is 0 Å². The first-order valence-electron chi connectivity index (χ1n) is 12.2. The Balaban J connectivity index is 1.56. The van der Waals surface area contributed by atoms with E-state index in [1.54, 1.807) is 6.92 Å². The second-order valence-corrected chi connectivity index (χ2v) is 11.3. The van der Waals surface area contributed by atoms with Crippen molar-refractivity contribution in [2.24, 2.45) is 40.4 Å². The van der Waals surface area contributed by atoms with E-state index in [9.17, 15) is 14.7 Å². The number of carbonyl (C=O) groups excluding carboxylic acids is 2. The monoisotopic (exact) mass is 420 g/mol. The van der Waals surface area contributed by atoms with Crippen LogP contribution in [-0.2, 0) is 14.3 Å². The molecule has 0 radical (unpaired) electrons. The van der Waals surface area contributed by atoms with Crippen molar-refractivity contribution in [1.29, 1.82) is 0 Å². The summed E-state index contributed by atoms with van der Waals surface area (Å²) in [7, 11) is 0. The van der Waals surface area contributed by atoms with Gasteiger partial charge in [-0.1, -0.05) is 13.8 Å². The summed E-state index contributed by atoms with van der Waals surface area (Å²) >= 11 is 0. The van der Waals surface area contributed by atoms with Gasteiger partial charge in [0.15, 0.2) is 0 Å². The van der Waals surface area contributed by atoms with Crippen LogP contribution in [0.3, 0.4) is 0 Å². The van der Waals surface area contributed by atoms with Crippen LogP contribution >= 0.6 is 0 Å². The summed E-state index contributed by atoms with van der Waals surface area (Å²) in [4.78, 5) is 26.0. The molecule has 0 unspecified atom stereocenters. The molecule has 4 saturated carbocycles. The molecule has 2 N–H and O–H groups in total. The molecule has 0 heterocycles. The Bertz CT molecular complexity index is 676. The predicted octanol–water partition coefficient (Wildman–Crippen LogP) is 3.54. The SMILES string of the molecule is CC(=O)[C@H]1CC[C@H]2[C@@H]3CC[C@H]4C[C@H](O)[C@@H](OCCCCO)C[C@]4(C)[C@H]3C(=O)C[C@]12C. The zero-order valence-electron chi connectivity index (χ0n) is 18.9. The van der Waals surface area contributed by atoms with E-state index in [0.29, 0.717) is 43.0 Å². The van der Waals surface area contributed by atoms with Gasteiger partial charge in [-0.15, -0.1) is 0 Å².